The molecule has 55 heavy (non-hydrogen) atoms. The van der Waals surface area contributed by atoms with Crippen LogP contribution in [0.3, 0.4) is 0 Å². The lowest BCUT2D eigenvalue weighted by atomic mass is 9.95. The molecule has 0 spiro atoms. The Kier molecular flexibility index (Phi) is 7.61. The smallest absolute Gasteiger partial charge is 0.0546 e. The average Bonchev–Trinajstić information content (AvgIpc) is 3.83. The Morgan fingerprint density at radius 2 is 0.909 bits per heavy atom. The van der Waals surface area contributed by atoms with Crippen molar-refractivity contribution in [3.8, 4) is 33.4 Å². The van der Waals surface area contributed by atoms with Crippen LogP contribution in [0, 0.1) is 0 Å². The molecule has 2 aromatic heterocycles. The minimum absolute atomic E-state index is 1.11. The molecule has 11 aromatic rings. The Bertz CT molecular complexity index is 3210. The van der Waals surface area contributed by atoms with Gasteiger partial charge in [0, 0.05) is 57.3 Å². The van der Waals surface area contributed by atoms with E-state index in [9.17, 15) is 0 Å². The van der Waals surface area contributed by atoms with Gasteiger partial charge in [-0.15, -0.1) is 22.7 Å². The van der Waals surface area contributed by atoms with E-state index < -0.39 is 0 Å². The molecule has 0 bridgehead atoms. The van der Waals surface area contributed by atoms with E-state index in [4.69, 9.17) is 0 Å². The third-order valence-corrected chi connectivity index (χ3v) is 13.2. The summed E-state index contributed by atoms with van der Waals surface area (Å²) in [7, 11) is 0. The van der Waals surface area contributed by atoms with E-state index >= 15 is 0 Å². The van der Waals surface area contributed by atoms with Crippen LogP contribution in [0.4, 0.5) is 17.1 Å². The van der Waals surface area contributed by atoms with Crippen molar-refractivity contribution in [3.05, 3.63) is 200 Å². The third-order valence-electron chi connectivity index (χ3n) is 10.9. The topological polar surface area (TPSA) is 3.24 Å². The maximum Gasteiger partial charge on any atom is 0.0546 e. The van der Waals surface area contributed by atoms with E-state index in [2.05, 4.69) is 205 Å². The van der Waals surface area contributed by atoms with Crippen molar-refractivity contribution < 1.29 is 0 Å². The highest BCUT2D eigenvalue weighted by atomic mass is 32.1. The molecule has 11 rings (SSSR count). The van der Waals surface area contributed by atoms with Crippen LogP contribution in [0.1, 0.15) is 0 Å². The maximum atomic E-state index is 2.46. The van der Waals surface area contributed by atoms with Gasteiger partial charge in [-0.3, -0.25) is 0 Å². The predicted molar refractivity (Wildman–Crippen MR) is 241 cm³/mol. The first-order valence-electron chi connectivity index (χ1n) is 18.7. The van der Waals surface area contributed by atoms with Crippen molar-refractivity contribution in [3.63, 3.8) is 0 Å². The van der Waals surface area contributed by atoms with E-state index in [0.29, 0.717) is 0 Å². The first kappa shape index (κ1) is 32.0. The van der Waals surface area contributed by atoms with Gasteiger partial charge in [0.05, 0.1) is 5.69 Å². The fraction of sp³-hybridized carbons (Fsp3) is 0. The van der Waals surface area contributed by atoms with Crippen LogP contribution in [0.25, 0.3) is 84.5 Å². The monoisotopic (exact) mass is 735 g/mol. The summed E-state index contributed by atoms with van der Waals surface area (Å²) in [6, 6.07) is 73.6. The highest BCUT2D eigenvalue weighted by Gasteiger charge is 2.21. The Labute approximate surface area is 327 Å². The van der Waals surface area contributed by atoms with Crippen molar-refractivity contribution >= 4 is 90.9 Å². The van der Waals surface area contributed by atoms with Crippen LogP contribution in [0.5, 0.6) is 0 Å². The fourth-order valence-electron chi connectivity index (χ4n) is 8.17. The molecule has 0 N–H and O–H groups in total. The molecular weight excluding hydrogens is 703 g/mol. The van der Waals surface area contributed by atoms with Crippen molar-refractivity contribution in [2.75, 3.05) is 4.90 Å². The summed E-state index contributed by atoms with van der Waals surface area (Å²) in [6.07, 6.45) is 0. The molecule has 0 aliphatic carbocycles. The van der Waals surface area contributed by atoms with Crippen molar-refractivity contribution in [1.82, 2.24) is 0 Å². The van der Waals surface area contributed by atoms with E-state index in [0.717, 1.165) is 17.1 Å². The lowest BCUT2D eigenvalue weighted by Crippen LogP contribution is -2.11. The Balaban J connectivity index is 1.13. The fourth-order valence-corrected chi connectivity index (χ4v) is 10.5. The lowest BCUT2D eigenvalue weighted by molar-refractivity contribution is 1.29. The molecule has 0 unspecified atom stereocenters. The summed E-state index contributed by atoms with van der Waals surface area (Å²) in [5.74, 6) is 0. The molecule has 3 heteroatoms. The molecule has 0 aliphatic rings. The minimum atomic E-state index is 1.11. The van der Waals surface area contributed by atoms with Crippen LogP contribution in [0.2, 0.25) is 0 Å². The Hall–Kier alpha value is -6.52. The minimum Gasteiger partial charge on any atom is -0.310 e. The molecule has 0 fully saturated rings. The molecule has 9 aromatic carbocycles. The molecule has 0 saturated carbocycles. The van der Waals surface area contributed by atoms with E-state index in [-0.39, 0.29) is 0 Å². The number of fused-ring (bicyclic) bond motifs is 7. The second-order valence-electron chi connectivity index (χ2n) is 14.1. The van der Waals surface area contributed by atoms with Crippen molar-refractivity contribution in [2.45, 2.75) is 0 Å². The summed E-state index contributed by atoms with van der Waals surface area (Å²) >= 11 is 3.74. The quantitative estimate of drug-likeness (QED) is 0.164. The normalized spacial score (nSPS) is 11.6. The van der Waals surface area contributed by atoms with Gasteiger partial charge < -0.3 is 4.90 Å². The summed E-state index contributed by atoms with van der Waals surface area (Å²) in [5.41, 5.74) is 10.6. The first-order valence-corrected chi connectivity index (χ1v) is 20.3. The number of thiophene rings is 2. The molecule has 2 heterocycles. The number of benzene rings is 9. The zero-order valence-electron chi connectivity index (χ0n) is 29.8. The Morgan fingerprint density at radius 3 is 1.75 bits per heavy atom. The van der Waals surface area contributed by atoms with Crippen LogP contribution >= 0.6 is 22.7 Å². The zero-order chi connectivity index (χ0) is 36.3. The molecule has 1 nitrogen and oxygen atoms in total. The van der Waals surface area contributed by atoms with Crippen LogP contribution < -0.4 is 4.90 Å². The van der Waals surface area contributed by atoms with Crippen LogP contribution in [-0.2, 0) is 0 Å². The van der Waals surface area contributed by atoms with Crippen molar-refractivity contribution in [1.29, 1.82) is 0 Å². The van der Waals surface area contributed by atoms with Gasteiger partial charge in [0.2, 0.25) is 0 Å². The summed E-state index contributed by atoms with van der Waals surface area (Å²) in [5, 5.41) is 7.70. The molecule has 0 radical (unpaired) electrons. The van der Waals surface area contributed by atoms with Gasteiger partial charge in [-0.25, -0.2) is 0 Å². The average molecular weight is 736 g/mol. The molecule has 0 aliphatic heterocycles. The van der Waals surface area contributed by atoms with Gasteiger partial charge in [-0.1, -0.05) is 146 Å². The lowest BCUT2D eigenvalue weighted by Gasteiger charge is -2.29. The Morgan fingerprint density at radius 1 is 0.309 bits per heavy atom. The molecule has 0 saturated heterocycles. The highest BCUT2D eigenvalue weighted by Crippen LogP contribution is 2.46. The van der Waals surface area contributed by atoms with Crippen LogP contribution in [0.15, 0.2) is 200 Å². The molecule has 0 amide bonds. The molecule has 0 atom stereocenters. The maximum absolute atomic E-state index is 2.46. The molecule has 258 valence electrons. The van der Waals surface area contributed by atoms with E-state index in [1.165, 1.54) is 84.5 Å². The van der Waals surface area contributed by atoms with Gasteiger partial charge >= 0.3 is 0 Å². The van der Waals surface area contributed by atoms with E-state index in [1.54, 1.807) is 0 Å². The van der Waals surface area contributed by atoms with E-state index in [1.807, 2.05) is 22.7 Å². The SMILES string of the molecule is c1ccc(-c2ccc(-c3ccc4ccccc4c3)cc2N(c2ccc(-c3cccc4c3sc3ccccc34)cc2)c2ccc3sc4ccccc4c3c2)cc1. The molecular formula is C52H33NS2. The standard InChI is InChI=1S/C52H33NS2/c1-2-12-35(13-3-1)42-29-25-39(38-22-21-34-11-4-5-14-37(34)31-38)32-48(42)53(41-28-30-51-47(33-41)45-16-7-8-19-49(45)54-51)40-26-23-36(24-27-40)43-17-10-18-46-44-15-6-9-20-50(44)55-52(43)46/h1-33H. The van der Waals surface area contributed by atoms with Crippen molar-refractivity contribution in [2.24, 2.45) is 0 Å². The number of anilines is 3. The van der Waals surface area contributed by atoms with Gasteiger partial charge in [0.1, 0.15) is 0 Å². The zero-order valence-corrected chi connectivity index (χ0v) is 31.4. The largest absolute Gasteiger partial charge is 0.310 e. The number of rotatable bonds is 6. The van der Waals surface area contributed by atoms with Gasteiger partial charge in [-0.2, -0.15) is 0 Å². The number of hydrogen-bond donors (Lipinski definition) is 0. The highest BCUT2D eigenvalue weighted by molar-refractivity contribution is 7.26. The van der Waals surface area contributed by atoms with Gasteiger partial charge in [0.25, 0.3) is 0 Å². The third kappa shape index (κ3) is 5.51. The number of nitrogens with zero attached hydrogens (tertiary/aromatic N) is 1. The second kappa shape index (κ2) is 13.1. The number of hydrogen-bond acceptors (Lipinski definition) is 3. The van der Waals surface area contributed by atoms with Gasteiger partial charge in [-0.05, 0) is 93.2 Å². The first-order chi connectivity index (χ1) is 27.2. The predicted octanol–water partition coefficient (Wildman–Crippen LogP) is 16.0. The summed E-state index contributed by atoms with van der Waals surface area (Å²) in [6.45, 7) is 0. The second-order valence-corrected chi connectivity index (χ2v) is 16.2. The van der Waals surface area contributed by atoms with Gasteiger partial charge in [0.15, 0.2) is 0 Å². The summed E-state index contributed by atoms with van der Waals surface area (Å²) in [4.78, 5) is 2.46. The van der Waals surface area contributed by atoms with Crippen LogP contribution in [-0.4, -0.2) is 0 Å². The summed E-state index contributed by atoms with van der Waals surface area (Å²) < 4.78 is 5.26.